The molecule has 17 heavy (non-hydrogen) atoms. The molecule has 0 aliphatic carbocycles. The second-order valence-electron chi connectivity index (χ2n) is 3.53. The van der Waals surface area contributed by atoms with Crippen LogP contribution in [0, 0.1) is 5.82 Å². The molecule has 1 rings (SSSR count). The number of aliphatic hydroxyl groups excluding tert-OH is 2. The van der Waals surface area contributed by atoms with Crippen LogP contribution in [0.5, 0.6) is 0 Å². The Kier molecular flexibility index (Phi) is 4.92. The first-order valence-corrected chi connectivity index (χ1v) is 5.61. The first-order chi connectivity index (χ1) is 7.99. The first kappa shape index (κ1) is 14.0. The van der Waals surface area contributed by atoms with Gasteiger partial charge in [0.05, 0.1) is 6.10 Å². The molecule has 0 bridgehead atoms. The number of aliphatic hydroxyl groups is 2. The van der Waals surface area contributed by atoms with Crippen LogP contribution in [0.15, 0.2) is 18.2 Å². The van der Waals surface area contributed by atoms with Gasteiger partial charge in [0, 0.05) is 5.56 Å². The Morgan fingerprint density at radius 2 is 2.06 bits per heavy atom. The van der Waals surface area contributed by atoms with Gasteiger partial charge in [0.15, 0.2) is 0 Å². The highest BCUT2D eigenvalue weighted by atomic mass is 32.1. The van der Waals surface area contributed by atoms with Crippen molar-refractivity contribution in [1.82, 2.24) is 0 Å². The van der Waals surface area contributed by atoms with Gasteiger partial charge >= 0.3 is 5.97 Å². The standard InChI is InChI=1S/C11H13FO4S/c12-7-3-1-2-6(9(7)11(15)16)10(14)8(13)4-5-17/h1-3,8,10,13-14,17H,4-5H2,(H,15,16). The number of thiol groups is 1. The SMILES string of the molecule is O=C(O)c1c(F)cccc1C(O)C(O)CCS. The van der Waals surface area contributed by atoms with E-state index in [1.165, 1.54) is 12.1 Å². The van der Waals surface area contributed by atoms with Gasteiger partial charge in [0.25, 0.3) is 0 Å². The summed E-state index contributed by atoms with van der Waals surface area (Å²) in [5.41, 5.74) is -0.745. The number of hydrogen-bond acceptors (Lipinski definition) is 4. The first-order valence-electron chi connectivity index (χ1n) is 4.97. The van der Waals surface area contributed by atoms with Crippen molar-refractivity contribution in [3.63, 3.8) is 0 Å². The Bertz CT molecular complexity index is 410. The summed E-state index contributed by atoms with van der Waals surface area (Å²) in [7, 11) is 0. The Labute approximate surface area is 103 Å². The molecular weight excluding hydrogens is 247 g/mol. The van der Waals surface area contributed by atoms with Crippen molar-refractivity contribution < 1.29 is 24.5 Å². The highest BCUT2D eigenvalue weighted by Gasteiger charge is 2.25. The van der Waals surface area contributed by atoms with Crippen molar-refractivity contribution in [2.75, 3.05) is 5.75 Å². The average Bonchev–Trinajstić information content (AvgIpc) is 2.27. The van der Waals surface area contributed by atoms with Crippen LogP contribution in [0.25, 0.3) is 0 Å². The predicted octanol–water partition coefficient (Wildman–Crippen LogP) is 1.24. The second kappa shape index (κ2) is 6.00. The number of aromatic carboxylic acids is 1. The molecule has 94 valence electrons. The van der Waals surface area contributed by atoms with Crippen molar-refractivity contribution in [3.8, 4) is 0 Å². The lowest BCUT2D eigenvalue weighted by Gasteiger charge is -2.19. The van der Waals surface area contributed by atoms with Gasteiger partial charge in [-0.3, -0.25) is 0 Å². The molecule has 1 aromatic rings. The monoisotopic (exact) mass is 260 g/mol. The molecule has 2 unspecified atom stereocenters. The van der Waals surface area contributed by atoms with Crippen molar-refractivity contribution in [1.29, 1.82) is 0 Å². The number of carboxylic acids is 1. The maximum Gasteiger partial charge on any atom is 0.339 e. The number of carbonyl (C=O) groups is 1. The minimum atomic E-state index is -1.48. The normalized spacial score (nSPS) is 14.4. The van der Waals surface area contributed by atoms with E-state index in [2.05, 4.69) is 12.6 Å². The van der Waals surface area contributed by atoms with Crippen LogP contribution in [0.3, 0.4) is 0 Å². The van der Waals surface area contributed by atoms with E-state index >= 15 is 0 Å². The third kappa shape index (κ3) is 3.18. The lowest BCUT2D eigenvalue weighted by atomic mass is 9.97. The summed E-state index contributed by atoms with van der Waals surface area (Å²) in [5.74, 6) is -2.09. The third-order valence-electron chi connectivity index (χ3n) is 2.37. The number of carboxylic acid groups (broad SMARTS) is 1. The molecular formula is C11H13FO4S. The number of hydrogen-bond donors (Lipinski definition) is 4. The molecule has 4 nitrogen and oxygen atoms in total. The zero-order chi connectivity index (χ0) is 13.0. The Balaban J connectivity index is 3.13. The average molecular weight is 260 g/mol. The summed E-state index contributed by atoms with van der Waals surface area (Å²) in [6.45, 7) is 0. The zero-order valence-corrected chi connectivity index (χ0v) is 9.77. The summed E-state index contributed by atoms with van der Waals surface area (Å²) in [4.78, 5) is 10.9. The summed E-state index contributed by atoms with van der Waals surface area (Å²) in [6.07, 6.45) is -2.43. The lowest BCUT2D eigenvalue weighted by Crippen LogP contribution is -2.21. The van der Waals surface area contributed by atoms with Gasteiger partial charge in [-0.25, -0.2) is 9.18 Å². The fourth-order valence-corrected chi connectivity index (χ4v) is 1.77. The van der Waals surface area contributed by atoms with Crippen LogP contribution in [0.1, 0.15) is 28.4 Å². The Morgan fingerprint density at radius 3 is 2.59 bits per heavy atom. The van der Waals surface area contributed by atoms with E-state index in [0.717, 1.165) is 6.07 Å². The molecule has 3 N–H and O–H groups in total. The fraction of sp³-hybridized carbons (Fsp3) is 0.364. The smallest absolute Gasteiger partial charge is 0.339 e. The van der Waals surface area contributed by atoms with Crippen LogP contribution in [-0.2, 0) is 0 Å². The van der Waals surface area contributed by atoms with Crippen LogP contribution in [0.2, 0.25) is 0 Å². The van der Waals surface area contributed by atoms with E-state index in [0.29, 0.717) is 5.75 Å². The zero-order valence-electron chi connectivity index (χ0n) is 8.88. The van der Waals surface area contributed by atoms with Gasteiger partial charge < -0.3 is 15.3 Å². The van der Waals surface area contributed by atoms with Crippen molar-refractivity contribution in [2.24, 2.45) is 0 Å². The van der Waals surface area contributed by atoms with Crippen molar-refractivity contribution >= 4 is 18.6 Å². The molecule has 0 fully saturated rings. The van der Waals surface area contributed by atoms with Crippen molar-refractivity contribution in [2.45, 2.75) is 18.6 Å². The van der Waals surface area contributed by atoms with E-state index in [-0.39, 0.29) is 12.0 Å². The minimum Gasteiger partial charge on any atom is -0.478 e. The van der Waals surface area contributed by atoms with Gasteiger partial charge in [0.2, 0.25) is 0 Å². The third-order valence-corrected chi connectivity index (χ3v) is 2.63. The number of benzene rings is 1. The fourth-order valence-electron chi connectivity index (χ4n) is 1.51. The van der Waals surface area contributed by atoms with Crippen molar-refractivity contribution in [3.05, 3.63) is 35.1 Å². The molecule has 0 saturated carbocycles. The largest absolute Gasteiger partial charge is 0.478 e. The maximum atomic E-state index is 13.3. The van der Waals surface area contributed by atoms with Gasteiger partial charge in [-0.15, -0.1) is 0 Å². The van der Waals surface area contributed by atoms with E-state index in [4.69, 9.17) is 5.11 Å². The molecule has 2 atom stereocenters. The highest BCUT2D eigenvalue weighted by molar-refractivity contribution is 7.80. The van der Waals surface area contributed by atoms with Gasteiger partial charge in [-0.05, 0) is 18.2 Å². The molecule has 0 heterocycles. The molecule has 0 amide bonds. The molecule has 0 aliphatic rings. The Morgan fingerprint density at radius 1 is 1.41 bits per heavy atom. The van der Waals surface area contributed by atoms with Crippen LogP contribution in [0.4, 0.5) is 4.39 Å². The van der Waals surface area contributed by atoms with E-state index in [1.54, 1.807) is 0 Å². The number of halogens is 1. The van der Waals surface area contributed by atoms with Gasteiger partial charge in [-0.2, -0.15) is 12.6 Å². The quantitative estimate of drug-likeness (QED) is 0.601. The minimum absolute atomic E-state index is 0.133. The summed E-state index contributed by atoms with van der Waals surface area (Å²) >= 11 is 3.89. The molecule has 6 heteroatoms. The van der Waals surface area contributed by atoms with Gasteiger partial charge in [0.1, 0.15) is 17.5 Å². The topological polar surface area (TPSA) is 77.8 Å². The van der Waals surface area contributed by atoms with E-state index in [9.17, 15) is 19.4 Å². The highest BCUT2D eigenvalue weighted by Crippen LogP contribution is 2.25. The molecule has 0 aliphatic heterocycles. The van der Waals surface area contributed by atoms with Gasteiger partial charge in [-0.1, -0.05) is 12.1 Å². The molecule has 0 radical (unpaired) electrons. The molecule has 1 aromatic carbocycles. The number of rotatable bonds is 5. The van der Waals surface area contributed by atoms with E-state index in [1.807, 2.05) is 0 Å². The van der Waals surface area contributed by atoms with Crippen LogP contribution >= 0.6 is 12.6 Å². The molecule has 0 aromatic heterocycles. The molecule has 0 saturated heterocycles. The lowest BCUT2D eigenvalue weighted by molar-refractivity contribution is 0.0160. The summed E-state index contributed by atoms with van der Waals surface area (Å²) in [5, 5.41) is 28.2. The van der Waals surface area contributed by atoms with Crippen LogP contribution < -0.4 is 0 Å². The summed E-state index contributed by atoms with van der Waals surface area (Å²) in [6, 6.07) is 3.55. The van der Waals surface area contributed by atoms with Crippen LogP contribution in [-0.4, -0.2) is 33.1 Å². The predicted molar refractivity (Wildman–Crippen MR) is 62.8 cm³/mol. The second-order valence-corrected chi connectivity index (χ2v) is 3.98. The maximum absolute atomic E-state index is 13.3. The molecule has 0 spiro atoms. The summed E-state index contributed by atoms with van der Waals surface area (Å²) < 4.78 is 13.3. The van der Waals surface area contributed by atoms with E-state index < -0.39 is 29.6 Å². The Hall–Kier alpha value is -1.11.